The van der Waals surface area contributed by atoms with Crippen LogP contribution in [0.5, 0.6) is 0 Å². The van der Waals surface area contributed by atoms with Crippen LogP contribution in [0.25, 0.3) is 0 Å². The second-order valence-electron chi connectivity index (χ2n) is 7.85. The first-order valence-corrected chi connectivity index (χ1v) is 9.91. The minimum atomic E-state index is -0.327. The smallest absolute Gasteiger partial charge is 0.410 e. The van der Waals surface area contributed by atoms with E-state index in [-0.39, 0.29) is 11.7 Å². The van der Waals surface area contributed by atoms with E-state index in [1.54, 1.807) is 4.90 Å². The molecular formula is C20H39NO2. The number of carbonyl (C=O) groups is 1. The fourth-order valence-corrected chi connectivity index (χ4v) is 3.58. The van der Waals surface area contributed by atoms with Crippen molar-refractivity contribution < 1.29 is 9.53 Å². The highest BCUT2D eigenvalue weighted by atomic mass is 16.6. The Labute approximate surface area is 144 Å². The van der Waals surface area contributed by atoms with Gasteiger partial charge in [0.05, 0.1) is 0 Å². The fourth-order valence-electron chi connectivity index (χ4n) is 3.58. The van der Waals surface area contributed by atoms with Crippen LogP contribution in [0, 0.1) is 5.92 Å². The number of nitrogens with zero attached hydrogens (tertiary/aromatic N) is 1. The van der Waals surface area contributed by atoms with Crippen molar-refractivity contribution in [3.8, 4) is 0 Å². The second kappa shape index (κ2) is 10.9. The molecule has 0 saturated heterocycles. The van der Waals surface area contributed by atoms with Crippen molar-refractivity contribution in [1.82, 2.24) is 4.90 Å². The first-order chi connectivity index (χ1) is 11.0. The number of ether oxygens (including phenoxy) is 1. The highest BCUT2D eigenvalue weighted by molar-refractivity contribution is 5.67. The van der Waals surface area contributed by atoms with Gasteiger partial charge in [-0.3, -0.25) is 0 Å². The third-order valence-corrected chi connectivity index (χ3v) is 5.35. The first kappa shape index (κ1) is 20.3. The van der Waals surface area contributed by atoms with E-state index in [0.717, 1.165) is 13.0 Å². The molecule has 0 unspecified atom stereocenters. The maximum Gasteiger partial charge on any atom is 0.410 e. The van der Waals surface area contributed by atoms with Crippen LogP contribution in [-0.2, 0) is 4.74 Å². The van der Waals surface area contributed by atoms with Crippen molar-refractivity contribution in [2.75, 3.05) is 13.6 Å². The molecule has 1 aliphatic rings. The lowest BCUT2D eigenvalue weighted by Gasteiger charge is -2.37. The maximum absolute atomic E-state index is 12.3. The molecule has 0 radical (unpaired) electrons. The Balaban J connectivity index is 2.19. The molecule has 1 fully saturated rings. The lowest BCUT2D eigenvalue weighted by molar-refractivity contribution is -0.0321. The molecule has 1 saturated carbocycles. The molecule has 0 aromatic heterocycles. The highest BCUT2D eigenvalue weighted by Crippen LogP contribution is 2.35. The van der Waals surface area contributed by atoms with Crippen LogP contribution in [-0.4, -0.2) is 30.2 Å². The van der Waals surface area contributed by atoms with E-state index >= 15 is 0 Å². The van der Waals surface area contributed by atoms with E-state index in [2.05, 4.69) is 20.8 Å². The quantitative estimate of drug-likeness (QED) is 0.450. The monoisotopic (exact) mass is 325 g/mol. The molecule has 0 aromatic carbocycles. The first-order valence-electron chi connectivity index (χ1n) is 9.91. The number of unbranched alkanes of at least 4 members (excludes halogenated alkanes) is 6. The SMILES string of the molecule is CCCCCCCCCN(C)C(=O)OC(C)(C)C1CCCCC1. The highest BCUT2D eigenvalue weighted by Gasteiger charge is 2.34. The minimum absolute atomic E-state index is 0.147. The molecule has 3 nitrogen and oxygen atoms in total. The van der Waals surface area contributed by atoms with E-state index in [1.807, 2.05) is 7.05 Å². The van der Waals surface area contributed by atoms with Crippen LogP contribution < -0.4 is 0 Å². The number of carbonyl (C=O) groups excluding carboxylic acids is 1. The molecule has 0 bridgehead atoms. The summed E-state index contributed by atoms with van der Waals surface area (Å²) < 4.78 is 5.84. The van der Waals surface area contributed by atoms with E-state index in [0.29, 0.717) is 5.92 Å². The molecule has 136 valence electrons. The zero-order chi connectivity index (χ0) is 17.1. The van der Waals surface area contributed by atoms with E-state index in [4.69, 9.17) is 4.74 Å². The number of hydrogen-bond donors (Lipinski definition) is 0. The number of rotatable bonds is 10. The van der Waals surface area contributed by atoms with Gasteiger partial charge in [-0.05, 0) is 39.0 Å². The number of hydrogen-bond acceptors (Lipinski definition) is 2. The third kappa shape index (κ3) is 8.08. The molecule has 0 heterocycles. The van der Waals surface area contributed by atoms with Gasteiger partial charge in [0.25, 0.3) is 0 Å². The Morgan fingerprint density at radius 3 is 2.17 bits per heavy atom. The summed E-state index contributed by atoms with van der Waals surface area (Å²) >= 11 is 0. The summed E-state index contributed by atoms with van der Waals surface area (Å²) in [5.74, 6) is 0.521. The second-order valence-corrected chi connectivity index (χ2v) is 7.85. The Hall–Kier alpha value is -0.730. The molecule has 23 heavy (non-hydrogen) atoms. The standard InChI is InChI=1S/C20H39NO2/c1-5-6-7-8-9-10-14-17-21(4)19(22)23-20(2,3)18-15-12-11-13-16-18/h18H,5-17H2,1-4H3. The van der Waals surface area contributed by atoms with Gasteiger partial charge in [-0.25, -0.2) is 4.79 Å². The van der Waals surface area contributed by atoms with Crippen LogP contribution in [0.15, 0.2) is 0 Å². The third-order valence-electron chi connectivity index (χ3n) is 5.35. The van der Waals surface area contributed by atoms with Crippen LogP contribution in [0.4, 0.5) is 4.79 Å². The van der Waals surface area contributed by atoms with Crippen molar-refractivity contribution in [2.24, 2.45) is 5.92 Å². The predicted molar refractivity (Wildman–Crippen MR) is 97.8 cm³/mol. The average Bonchev–Trinajstić information content (AvgIpc) is 2.54. The van der Waals surface area contributed by atoms with E-state index in [9.17, 15) is 4.79 Å². The molecule has 3 heteroatoms. The lowest BCUT2D eigenvalue weighted by Crippen LogP contribution is -2.42. The van der Waals surface area contributed by atoms with Gasteiger partial charge in [0, 0.05) is 13.6 Å². The Bertz CT molecular complexity index is 322. The predicted octanol–water partition coefficient (Wildman–Crippen LogP) is 6.16. The summed E-state index contributed by atoms with van der Waals surface area (Å²) in [7, 11) is 1.87. The summed E-state index contributed by atoms with van der Waals surface area (Å²) in [6.07, 6.45) is 15.0. The van der Waals surface area contributed by atoms with Gasteiger partial charge in [0.1, 0.15) is 5.60 Å². The summed E-state index contributed by atoms with van der Waals surface area (Å²) in [5.41, 5.74) is -0.327. The van der Waals surface area contributed by atoms with Gasteiger partial charge in [-0.1, -0.05) is 64.7 Å². The van der Waals surface area contributed by atoms with Crippen molar-refractivity contribution in [1.29, 1.82) is 0 Å². The van der Waals surface area contributed by atoms with Crippen molar-refractivity contribution in [3.63, 3.8) is 0 Å². The van der Waals surface area contributed by atoms with Gasteiger partial charge in [-0.15, -0.1) is 0 Å². The van der Waals surface area contributed by atoms with Gasteiger partial charge in [0.2, 0.25) is 0 Å². The van der Waals surface area contributed by atoms with Gasteiger partial charge < -0.3 is 9.64 Å². The summed E-state index contributed by atoms with van der Waals surface area (Å²) in [4.78, 5) is 14.1. The van der Waals surface area contributed by atoms with E-state index in [1.165, 1.54) is 70.6 Å². The molecule has 0 atom stereocenters. The molecular weight excluding hydrogens is 286 g/mol. The van der Waals surface area contributed by atoms with Gasteiger partial charge in [-0.2, -0.15) is 0 Å². The van der Waals surface area contributed by atoms with Crippen molar-refractivity contribution in [2.45, 2.75) is 103 Å². The number of amides is 1. The molecule has 1 aliphatic carbocycles. The summed E-state index contributed by atoms with van der Waals surface area (Å²) in [6, 6.07) is 0. The lowest BCUT2D eigenvalue weighted by atomic mass is 9.79. The molecule has 1 rings (SSSR count). The van der Waals surface area contributed by atoms with Crippen LogP contribution >= 0.6 is 0 Å². The van der Waals surface area contributed by atoms with Gasteiger partial charge >= 0.3 is 6.09 Å². The molecule has 0 aliphatic heterocycles. The zero-order valence-electron chi connectivity index (χ0n) is 16.0. The Morgan fingerprint density at radius 1 is 1.00 bits per heavy atom. The average molecular weight is 326 g/mol. The maximum atomic E-state index is 12.3. The molecule has 0 spiro atoms. The minimum Gasteiger partial charge on any atom is -0.443 e. The normalized spacial score (nSPS) is 16.3. The Kier molecular flexibility index (Phi) is 9.66. The topological polar surface area (TPSA) is 29.5 Å². The van der Waals surface area contributed by atoms with Crippen LogP contribution in [0.3, 0.4) is 0 Å². The Morgan fingerprint density at radius 2 is 1.57 bits per heavy atom. The van der Waals surface area contributed by atoms with E-state index < -0.39 is 0 Å². The van der Waals surface area contributed by atoms with Gasteiger partial charge in [0.15, 0.2) is 0 Å². The summed E-state index contributed by atoms with van der Waals surface area (Å²) in [6.45, 7) is 7.23. The fraction of sp³-hybridized carbons (Fsp3) is 0.950. The largest absolute Gasteiger partial charge is 0.443 e. The zero-order valence-corrected chi connectivity index (χ0v) is 16.0. The van der Waals surface area contributed by atoms with Crippen molar-refractivity contribution in [3.05, 3.63) is 0 Å². The van der Waals surface area contributed by atoms with Crippen LogP contribution in [0.2, 0.25) is 0 Å². The molecule has 1 amide bonds. The van der Waals surface area contributed by atoms with Crippen molar-refractivity contribution >= 4 is 6.09 Å². The molecule has 0 aromatic rings. The molecule has 0 N–H and O–H groups in total. The van der Waals surface area contributed by atoms with Crippen LogP contribution in [0.1, 0.15) is 97.8 Å². The summed E-state index contributed by atoms with van der Waals surface area (Å²) in [5, 5.41) is 0.